The number of para-hydroxylation sites is 1. The van der Waals surface area contributed by atoms with E-state index in [0.717, 1.165) is 56.9 Å². The van der Waals surface area contributed by atoms with Crippen LogP contribution in [-0.2, 0) is 16.6 Å². The molecule has 0 spiro atoms. The van der Waals surface area contributed by atoms with E-state index in [1.807, 2.05) is 62.6 Å². The first kappa shape index (κ1) is 38.3. The van der Waals surface area contributed by atoms with E-state index in [-0.39, 0.29) is 21.8 Å². The number of benzene rings is 5. The second-order valence-electron chi connectivity index (χ2n) is 13.4. The molecule has 2 N–H and O–H groups in total. The molecule has 6 rings (SSSR count). The first-order valence-electron chi connectivity index (χ1n) is 17.8. The molecule has 12 heteroatoms. The highest BCUT2D eigenvalue weighted by molar-refractivity contribution is 7.90. The molecule has 0 saturated carbocycles. The summed E-state index contributed by atoms with van der Waals surface area (Å²) in [5.41, 5.74) is 5.15. The third-order valence-corrected chi connectivity index (χ3v) is 10.8. The van der Waals surface area contributed by atoms with E-state index in [1.54, 1.807) is 30.3 Å². The molecule has 0 atom stereocenters. The van der Waals surface area contributed by atoms with Gasteiger partial charge in [-0.1, -0.05) is 66.2 Å². The molecule has 5 aromatic rings. The van der Waals surface area contributed by atoms with Crippen LogP contribution in [0.15, 0.2) is 120 Å². The van der Waals surface area contributed by atoms with Crippen molar-refractivity contribution in [3.63, 3.8) is 0 Å². The van der Waals surface area contributed by atoms with Crippen molar-refractivity contribution in [3.8, 4) is 28.7 Å². The fraction of sp³-hybridized carbons (Fsp3) is 0.238. The predicted molar refractivity (Wildman–Crippen MR) is 215 cm³/mol. The topological polar surface area (TPSA) is 118 Å². The number of hydrogen-bond donors (Lipinski definition) is 2. The predicted octanol–water partition coefficient (Wildman–Crippen LogP) is 7.48. The van der Waals surface area contributed by atoms with Crippen LogP contribution in [0.2, 0.25) is 5.02 Å². The lowest BCUT2D eigenvalue weighted by atomic mass is 9.99. The number of nitrogens with zero attached hydrogens (tertiary/aromatic N) is 4. The number of anilines is 2. The first-order chi connectivity index (χ1) is 26.1. The lowest BCUT2D eigenvalue weighted by Crippen LogP contribution is -2.46. The largest absolute Gasteiger partial charge is 0.456 e. The van der Waals surface area contributed by atoms with Crippen LogP contribution in [0.5, 0.6) is 11.5 Å². The van der Waals surface area contributed by atoms with Crippen LogP contribution in [0.25, 0.3) is 11.1 Å². The molecule has 54 heavy (non-hydrogen) atoms. The first-order valence-corrected chi connectivity index (χ1v) is 19.6. The Kier molecular flexibility index (Phi) is 12.5. The maximum atomic E-state index is 13.7. The highest BCUT2D eigenvalue weighted by Crippen LogP contribution is 2.32. The van der Waals surface area contributed by atoms with Crippen LogP contribution >= 0.6 is 11.6 Å². The number of rotatable bonds is 14. The second kappa shape index (κ2) is 17.6. The maximum Gasteiger partial charge on any atom is 0.268 e. The van der Waals surface area contributed by atoms with Crippen molar-refractivity contribution < 1.29 is 17.9 Å². The zero-order valence-electron chi connectivity index (χ0n) is 30.3. The fourth-order valence-corrected chi connectivity index (χ4v) is 7.48. The van der Waals surface area contributed by atoms with Crippen LogP contribution in [0.4, 0.5) is 11.4 Å². The fourth-order valence-electron chi connectivity index (χ4n) is 6.36. The van der Waals surface area contributed by atoms with E-state index in [9.17, 15) is 18.5 Å². The Morgan fingerprint density at radius 1 is 0.889 bits per heavy atom. The van der Waals surface area contributed by atoms with E-state index in [0.29, 0.717) is 23.0 Å². The number of ether oxygens (including phenoxy) is 1. The summed E-state index contributed by atoms with van der Waals surface area (Å²) < 4.78 is 35.3. The summed E-state index contributed by atoms with van der Waals surface area (Å²) in [6.45, 7) is 5.41. The molecule has 0 bridgehead atoms. The third kappa shape index (κ3) is 9.78. The Balaban J connectivity index is 1.16. The van der Waals surface area contributed by atoms with Gasteiger partial charge in [-0.25, -0.2) is 13.1 Å². The molecule has 1 fully saturated rings. The number of sulfonamides is 1. The van der Waals surface area contributed by atoms with Gasteiger partial charge >= 0.3 is 0 Å². The average Bonchev–Trinajstić information content (AvgIpc) is 3.17. The summed E-state index contributed by atoms with van der Waals surface area (Å²) in [6, 6.07) is 36.8. The Labute approximate surface area is 322 Å². The molecule has 0 aliphatic carbocycles. The molecule has 1 aliphatic rings. The van der Waals surface area contributed by atoms with E-state index in [2.05, 4.69) is 55.1 Å². The number of halogens is 1. The van der Waals surface area contributed by atoms with Crippen molar-refractivity contribution in [2.75, 3.05) is 63.6 Å². The Hall–Kier alpha value is -5.38. The number of amides is 1. The molecule has 0 radical (unpaired) electrons. The number of piperazine rings is 1. The van der Waals surface area contributed by atoms with Crippen LogP contribution in [0.1, 0.15) is 27.9 Å². The Morgan fingerprint density at radius 3 is 2.33 bits per heavy atom. The van der Waals surface area contributed by atoms with Gasteiger partial charge in [0.25, 0.3) is 15.9 Å². The number of carbonyl (C=O) groups is 1. The second-order valence-corrected chi connectivity index (χ2v) is 15.5. The summed E-state index contributed by atoms with van der Waals surface area (Å²) >= 11 is 6.14. The zero-order chi connectivity index (χ0) is 38.1. The van der Waals surface area contributed by atoms with Gasteiger partial charge in [-0.2, -0.15) is 5.26 Å². The van der Waals surface area contributed by atoms with E-state index < -0.39 is 15.9 Å². The molecule has 1 aliphatic heterocycles. The minimum Gasteiger partial charge on any atom is -0.456 e. The van der Waals surface area contributed by atoms with Gasteiger partial charge in [0.2, 0.25) is 0 Å². The Bertz CT molecular complexity index is 2220. The van der Waals surface area contributed by atoms with Crippen LogP contribution in [0.3, 0.4) is 0 Å². The van der Waals surface area contributed by atoms with Crippen LogP contribution in [0, 0.1) is 11.3 Å². The van der Waals surface area contributed by atoms with E-state index in [4.69, 9.17) is 16.3 Å². The van der Waals surface area contributed by atoms with Gasteiger partial charge < -0.3 is 19.9 Å². The van der Waals surface area contributed by atoms with Gasteiger partial charge in [-0.3, -0.25) is 9.69 Å². The number of nitrogens with one attached hydrogen (secondary N) is 2. The van der Waals surface area contributed by atoms with Crippen molar-refractivity contribution in [3.05, 3.63) is 137 Å². The van der Waals surface area contributed by atoms with Gasteiger partial charge in [0.1, 0.15) is 17.6 Å². The molecule has 5 aromatic carbocycles. The zero-order valence-corrected chi connectivity index (χ0v) is 31.9. The monoisotopic (exact) mass is 762 g/mol. The standard InChI is InChI=1S/C42H43ClN6O4S/c1-47(2)22-8-21-45-40-20-18-37(27-33(40)29-44)54(51,52)46-42(50)39-19-17-35(28-41(39)53-36-10-4-3-5-11-36)49-25-23-48(24-26-49)30-32-9-6-7-12-38(32)31-13-15-34(43)16-14-31/h3-7,9-20,27-28,45H,8,21-26,30H2,1-2H3,(H,46,50). The van der Waals surface area contributed by atoms with Crippen molar-refractivity contribution in [1.82, 2.24) is 14.5 Å². The van der Waals surface area contributed by atoms with E-state index >= 15 is 0 Å². The SMILES string of the molecule is CN(C)CCCNc1ccc(S(=O)(=O)NC(=O)c2ccc(N3CCN(Cc4ccccc4-c4ccc(Cl)cc4)CC3)cc2Oc2ccccc2)cc1C#N. The summed E-state index contributed by atoms with van der Waals surface area (Å²) in [7, 11) is -0.371. The van der Waals surface area contributed by atoms with Gasteiger partial charge in [0.05, 0.1) is 21.7 Å². The molecule has 10 nitrogen and oxygen atoms in total. The average molecular weight is 763 g/mol. The lowest BCUT2D eigenvalue weighted by molar-refractivity contribution is 0.0979. The molecule has 278 valence electrons. The van der Waals surface area contributed by atoms with Crippen molar-refractivity contribution in [1.29, 1.82) is 5.26 Å². The van der Waals surface area contributed by atoms with Crippen LogP contribution < -0.4 is 19.7 Å². The summed E-state index contributed by atoms with van der Waals surface area (Å²) in [6.07, 6.45) is 0.844. The van der Waals surface area contributed by atoms with E-state index in [1.165, 1.54) is 23.3 Å². The van der Waals surface area contributed by atoms with Gasteiger partial charge in [0.15, 0.2) is 0 Å². The number of carbonyl (C=O) groups excluding carboxylic acids is 1. The summed E-state index contributed by atoms with van der Waals surface area (Å²) in [5, 5.41) is 13.7. The molecular formula is C42H43ClN6O4S. The molecule has 1 amide bonds. The lowest BCUT2D eigenvalue weighted by Gasteiger charge is -2.36. The highest BCUT2D eigenvalue weighted by atomic mass is 35.5. The smallest absolute Gasteiger partial charge is 0.268 e. The summed E-state index contributed by atoms with van der Waals surface area (Å²) in [5.74, 6) is -0.121. The van der Waals surface area contributed by atoms with Crippen molar-refractivity contribution in [2.45, 2.75) is 17.9 Å². The number of nitriles is 1. The molecule has 0 aromatic heterocycles. The van der Waals surface area contributed by atoms with Crippen molar-refractivity contribution in [2.24, 2.45) is 0 Å². The quantitative estimate of drug-likeness (QED) is 0.111. The Morgan fingerprint density at radius 2 is 1.61 bits per heavy atom. The third-order valence-electron chi connectivity index (χ3n) is 9.23. The number of hydrogen-bond acceptors (Lipinski definition) is 9. The molecule has 1 heterocycles. The minimum atomic E-state index is -4.33. The molecule has 1 saturated heterocycles. The van der Waals surface area contributed by atoms with Crippen LogP contribution in [-0.4, -0.2) is 77.5 Å². The van der Waals surface area contributed by atoms with Gasteiger partial charge in [-0.15, -0.1) is 0 Å². The van der Waals surface area contributed by atoms with Crippen molar-refractivity contribution >= 4 is 38.9 Å². The minimum absolute atomic E-state index is 0.0586. The normalized spacial score (nSPS) is 13.4. The maximum absolute atomic E-state index is 13.7. The highest BCUT2D eigenvalue weighted by Gasteiger charge is 2.25. The molecule has 0 unspecified atom stereocenters. The summed E-state index contributed by atoms with van der Waals surface area (Å²) in [4.78, 5) is 20.2. The van der Waals surface area contributed by atoms with Gasteiger partial charge in [0, 0.05) is 56.0 Å². The molecular weight excluding hydrogens is 720 g/mol. The van der Waals surface area contributed by atoms with Gasteiger partial charge in [-0.05, 0) is 98.3 Å².